The number of thioether (sulfide) groups is 1. The van der Waals surface area contributed by atoms with Gasteiger partial charge in [-0.1, -0.05) is 18.9 Å². The Morgan fingerprint density at radius 1 is 1.31 bits per heavy atom. The maximum absolute atomic E-state index is 9.94. The molecule has 1 N–H and O–H groups in total. The van der Waals surface area contributed by atoms with Crippen LogP contribution < -0.4 is 0 Å². The number of aryl methyl sites for hydroxylation is 1. The lowest BCUT2D eigenvalue weighted by atomic mass is 9.97. The highest BCUT2D eigenvalue weighted by Crippen LogP contribution is 2.37. The number of rotatable bonds is 2. The molecule has 0 spiro atoms. The van der Waals surface area contributed by atoms with Crippen molar-refractivity contribution in [1.29, 1.82) is 0 Å². The zero-order chi connectivity index (χ0) is 11.5. The lowest BCUT2D eigenvalue weighted by Crippen LogP contribution is -2.26. The summed E-state index contributed by atoms with van der Waals surface area (Å²) >= 11 is 5.40. The summed E-state index contributed by atoms with van der Waals surface area (Å²) in [5, 5.41) is 10.3. The molecule has 0 heterocycles. The van der Waals surface area contributed by atoms with Crippen molar-refractivity contribution in [1.82, 2.24) is 0 Å². The molecule has 1 fully saturated rings. The summed E-state index contributed by atoms with van der Waals surface area (Å²) < 4.78 is 1.15. The van der Waals surface area contributed by atoms with Crippen LogP contribution in [-0.4, -0.2) is 16.5 Å². The van der Waals surface area contributed by atoms with Gasteiger partial charge in [-0.2, -0.15) is 0 Å². The van der Waals surface area contributed by atoms with Gasteiger partial charge in [-0.3, -0.25) is 0 Å². The van der Waals surface area contributed by atoms with E-state index in [1.165, 1.54) is 23.3 Å². The van der Waals surface area contributed by atoms with E-state index in [1.807, 2.05) is 11.8 Å². The second-order valence-electron chi connectivity index (χ2n) is 4.44. The van der Waals surface area contributed by atoms with Gasteiger partial charge in [0.25, 0.3) is 0 Å². The zero-order valence-electron chi connectivity index (χ0n) is 9.45. The summed E-state index contributed by atoms with van der Waals surface area (Å²) in [6.07, 6.45) is 4.38. The molecule has 1 aromatic rings. The van der Waals surface area contributed by atoms with Crippen LogP contribution in [-0.2, 0) is 0 Å². The van der Waals surface area contributed by atoms with Gasteiger partial charge >= 0.3 is 0 Å². The van der Waals surface area contributed by atoms with Gasteiger partial charge in [-0.25, -0.2) is 0 Å². The van der Waals surface area contributed by atoms with Crippen LogP contribution in [0.5, 0.6) is 0 Å². The highest BCUT2D eigenvalue weighted by atomic mass is 79.9. The van der Waals surface area contributed by atoms with E-state index in [4.69, 9.17) is 0 Å². The van der Waals surface area contributed by atoms with Crippen molar-refractivity contribution in [3.8, 4) is 0 Å². The van der Waals surface area contributed by atoms with E-state index in [0.717, 1.165) is 17.3 Å². The number of hydrogen-bond acceptors (Lipinski definition) is 2. The van der Waals surface area contributed by atoms with Crippen LogP contribution in [0.4, 0.5) is 0 Å². The van der Waals surface area contributed by atoms with Gasteiger partial charge in [0.15, 0.2) is 0 Å². The standard InChI is InChI=1S/C13H17BrOS/c1-9-6-7-12(10(14)8-9)16-13-5-3-2-4-11(13)15/h6-8,11,13,15H,2-5H2,1H3. The molecule has 0 aliphatic heterocycles. The van der Waals surface area contributed by atoms with Crippen LogP contribution in [0.25, 0.3) is 0 Å². The Labute approximate surface area is 110 Å². The summed E-state index contributed by atoms with van der Waals surface area (Å²) in [6.45, 7) is 2.09. The highest BCUT2D eigenvalue weighted by molar-refractivity contribution is 9.10. The van der Waals surface area contributed by atoms with E-state index >= 15 is 0 Å². The molecular formula is C13H17BrOS. The molecular weight excluding hydrogens is 284 g/mol. The molecule has 1 nitrogen and oxygen atoms in total. The lowest BCUT2D eigenvalue weighted by Gasteiger charge is -2.27. The first-order valence-corrected chi connectivity index (χ1v) is 7.45. The molecule has 0 aromatic heterocycles. The normalized spacial score (nSPS) is 25.7. The Bertz CT molecular complexity index is 367. The van der Waals surface area contributed by atoms with Gasteiger partial charge in [0.2, 0.25) is 0 Å². The summed E-state index contributed by atoms with van der Waals surface area (Å²) in [7, 11) is 0. The molecule has 2 atom stereocenters. The van der Waals surface area contributed by atoms with E-state index in [-0.39, 0.29) is 6.10 Å². The predicted molar refractivity (Wildman–Crippen MR) is 73.0 cm³/mol. The van der Waals surface area contributed by atoms with Crippen LogP contribution in [0.1, 0.15) is 31.2 Å². The Morgan fingerprint density at radius 2 is 2.06 bits per heavy atom. The number of aliphatic hydroxyl groups is 1. The SMILES string of the molecule is Cc1ccc(SC2CCCCC2O)c(Br)c1. The van der Waals surface area contributed by atoms with Crippen molar-refractivity contribution >= 4 is 27.7 Å². The quantitative estimate of drug-likeness (QED) is 0.885. The zero-order valence-corrected chi connectivity index (χ0v) is 11.9. The van der Waals surface area contributed by atoms with Crippen molar-refractivity contribution in [2.75, 3.05) is 0 Å². The largest absolute Gasteiger partial charge is 0.392 e. The molecule has 2 rings (SSSR count). The first kappa shape index (κ1) is 12.5. The van der Waals surface area contributed by atoms with Crippen LogP contribution in [0.3, 0.4) is 0 Å². The molecule has 1 aromatic carbocycles. The maximum Gasteiger partial charge on any atom is 0.0662 e. The lowest BCUT2D eigenvalue weighted by molar-refractivity contribution is 0.137. The Morgan fingerprint density at radius 3 is 2.75 bits per heavy atom. The van der Waals surface area contributed by atoms with Crippen LogP contribution in [0.15, 0.2) is 27.6 Å². The first-order valence-electron chi connectivity index (χ1n) is 5.77. The molecule has 1 aliphatic carbocycles. The van der Waals surface area contributed by atoms with E-state index in [9.17, 15) is 5.11 Å². The van der Waals surface area contributed by atoms with Crippen LogP contribution in [0.2, 0.25) is 0 Å². The van der Waals surface area contributed by atoms with Crippen molar-refractivity contribution in [2.45, 2.75) is 48.9 Å². The molecule has 0 saturated heterocycles. The summed E-state index contributed by atoms with van der Waals surface area (Å²) in [5.74, 6) is 0. The van der Waals surface area contributed by atoms with Gasteiger partial charge in [-0.05, 0) is 53.4 Å². The van der Waals surface area contributed by atoms with E-state index in [0.29, 0.717) is 5.25 Å². The third-order valence-corrected chi connectivity index (χ3v) is 5.41. The summed E-state index contributed by atoms with van der Waals surface area (Å²) in [4.78, 5) is 1.25. The average Bonchev–Trinajstić information content (AvgIpc) is 2.25. The number of halogens is 1. The Balaban J connectivity index is 2.07. The van der Waals surface area contributed by atoms with E-state index < -0.39 is 0 Å². The van der Waals surface area contributed by atoms with Crippen molar-refractivity contribution in [3.05, 3.63) is 28.2 Å². The number of benzene rings is 1. The molecule has 1 aliphatic rings. The van der Waals surface area contributed by atoms with Gasteiger partial charge in [0.05, 0.1) is 6.10 Å². The maximum atomic E-state index is 9.94. The molecule has 2 unspecified atom stereocenters. The minimum atomic E-state index is -0.132. The fourth-order valence-corrected chi connectivity index (χ4v) is 4.07. The summed E-state index contributed by atoms with van der Waals surface area (Å²) in [5.41, 5.74) is 1.26. The molecule has 0 amide bonds. The predicted octanol–water partition coefficient (Wildman–Crippen LogP) is 4.15. The molecule has 16 heavy (non-hydrogen) atoms. The molecule has 0 radical (unpaired) electrons. The van der Waals surface area contributed by atoms with Crippen LogP contribution in [0, 0.1) is 6.92 Å². The monoisotopic (exact) mass is 300 g/mol. The van der Waals surface area contributed by atoms with Gasteiger partial charge < -0.3 is 5.11 Å². The molecule has 1 saturated carbocycles. The van der Waals surface area contributed by atoms with E-state index in [1.54, 1.807) is 0 Å². The number of hydrogen-bond donors (Lipinski definition) is 1. The van der Waals surface area contributed by atoms with Gasteiger partial charge in [-0.15, -0.1) is 11.8 Å². The molecule has 88 valence electrons. The Hall–Kier alpha value is 0.01000. The minimum Gasteiger partial charge on any atom is -0.392 e. The van der Waals surface area contributed by atoms with E-state index in [2.05, 4.69) is 41.1 Å². The minimum absolute atomic E-state index is 0.132. The van der Waals surface area contributed by atoms with Crippen molar-refractivity contribution in [2.24, 2.45) is 0 Å². The van der Waals surface area contributed by atoms with Crippen molar-refractivity contribution in [3.63, 3.8) is 0 Å². The topological polar surface area (TPSA) is 20.2 Å². The molecule has 0 bridgehead atoms. The number of aliphatic hydroxyl groups excluding tert-OH is 1. The third-order valence-electron chi connectivity index (χ3n) is 3.03. The third kappa shape index (κ3) is 3.02. The van der Waals surface area contributed by atoms with Gasteiger partial charge in [0.1, 0.15) is 0 Å². The fraction of sp³-hybridized carbons (Fsp3) is 0.538. The second kappa shape index (κ2) is 5.56. The summed E-state index contributed by atoms with van der Waals surface area (Å²) in [6, 6.07) is 6.41. The van der Waals surface area contributed by atoms with Crippen LogP contribution >= 0.6 is 27.7 Å². The Kier molecular flexibility index (Phi) is 4.34. The fourth-order valence-electron chi connectivity index (χ4n) is 2.08. The average molecular weight is 301 g/mol. The van der Waals surface area contributed by atoms with Gasteiger partial charge in [0, 0.05) is 14.6 Å². The molecule has 3 heteroatoms. The smallest absolute Gasteiger partial charge is 0.0662 e. The van der Waals surface area contributed by atoms with Crippen molar-refractivity contribution < 1.29 is 5.11 Å². The highest BCUT2D eigenvalue weighted by Gasteiger charge is 2.24. The second-order valence-corrected chi connectivity index (χ2v) is 6.58. The first-order chi connectivity index (χ1) is 7.66.